The summed E-state index contributed by atoms with van der Waals surface area (Å²) in [5.74, 6) is -0.615. The van der Waals surface area contributed by atoms with Gasteiger partial charge in [-0.15, -0.1) is 0 Å². The number of rotatable bonds is 10. The molecule has 11 heteroatoms. The van der Waals surface area contributed by atoms with E-state index in [1.807, 2.05) is 34.9 Å². The Bertz CT molecular complexity index is 2030. The van der Waals surface area contributed by atoms with Crippen molar-refractivity contribution in [3.8, 4) is 16.9 Å². The van der Waals surface area contributed by atoms with Crippen molar-refractivity contribution in [3.63, 3.8) is 0 Å². The van der Waals surface area contributed by atoms with Crippen molar-refractivity contribution >= 4 is 44.8 Å². The molecule has 0 radical (unpaired) electrons. The van der Waals surface area contributed by atoms with Crippen molar-refractivity contribution in [1.29, 1.82) is 0 Å². The number of carbonyl (C=O) groups is 1. The maximum absolute atomic E-state index is 13.8. The van der Waals surface area contributed by atoms with Gasteiger partial charge in [0.15, 0.2) is 0 Å². The summed E-state index contributed by atoms with van der Waals surface area (Å²) in [7, 11) is 0. The second-order valence-electron chi connectivity index (χ2n) is 11.2. The fraction of sp³-hybridized carbons (Fsp3) is 0.265. The molecule has 0 bridgehead atoms. The lowest BCUT2D eigenvalue weighted by Crippen LogP contribution is -2.44. The predicted molar refractivity (Wildman–Crippen MR) is 173 cm³/mol. The minimum atomic E-state index is -0.984. The average molecular weight is 627 g/mol. The standard InChI is InChI=1S/C34H32ClFN6O3/c35-28-9-8-26-25(4-2-18-45-30-5-1-3-22-19-23(36)6-7-24(22)30)33(34(43)44)41(17-16-40-13-10-37-11-14-40)32(26)31(28)27-20-39-42-15-12-38-21-29(27)42/h1,3,5-9,12,15,19-21,37H,2,4,10-11,13-14,16-18H2,(H,43,44). The van der Waals surface area contributed by atoms with E-state index in [2.05, 4.69) is 20.3 Å². The van der Waals surface area contributed by atoms with Crippen LogP contribution in [-0.2, 0) is 13.0 Å². The number of fused-ring (bicyclic) bond motifs is 3. The molecular formula is C34H32ClFN6O3. The first-order chi connectivity index (χ1) is 22.0. The third-order valence-corrected chi connectivity index (χ3v) is 8.87. The molecule has 3 aromatic carbocycles. The Morgan fingerprint density at radius 1 is 1.07 bits per heavy atom. The number of carboxylic acid groups (broad SMARTS) is 1. The summed E-state index contributed by atoms with van der Waals surface area (Å²) in [5.41, 5.74) is 4.10. The first-order valence-corrected chi connectivity index (χ1v) is 15.5. The topological polar surface area (TPSA) is 96.9 Å². The van der Waals surface area contributed by atoms with Crippen LogP contribution in [0.3, 0.4) is 0 Å². The van der Waals surface area contributed by atoms with Gasteiger partial charge in [0, 0.05) is 73.6 Å². The SMILES string of the molecule is O=C(O)c1c(CCCOc2cccc3cc(F)ccc23)c2ccc(Cl)c(-c3cnn4ccncc34)c2n1CCN1CCNCC1. The van der Waals surface area contributed by atoms with Gasteiger partial charge in [-0.25, -0.2) is 13.7 Å². The monoisotopic (exact) mass is 626 g/mol. The number of aromatic nitrogens is 4. The summed E-state index contributed by atoms with van der Waals surface area (Å²) < 4.78 is 23.6. The Balaban J connectivity index is 1.27. The molecule has 3 aromatic heterocycles. The Morgan fingerprint density at radius 3 is 2.76 bits per heavy atom. The van der Waals surface area contributed by atoms with E-state index in [1.54, 1.807) is 35.4 Å². The zero-order valence-corrected chi connectivity index (χ0v) is 25.3. The van der Waals surface area contributed by atoms with Gasteiger partial charge >= 0.3 is 5.97 Å². The van der Waals surface area contributed by atoms with Crippen molar-refractivity contribution in [2.45, 2.75) is 19.4 Å². The minimum absolute atomic E-state index is 0.263. The molecule has 6 aromatic rings. The van der Waals surface area contributed by atoms with Gasteiger partial charge in [0.05, 0.1) is 35.1 Å². The number of hydrogen-bond acceptors (Lipinski definition) is 6. The largest absolute Gasteiger partial charge is 0.493 e. The number of aryl methyl sites for hydroxylation is 1. The Hall–Kier alpha value is -4.51. The van der Waals surface area contributed by atoms with Gasteiger partial charge in [-0.3, -0.25) is 9.88 Å². The van der Waals surface area contributed by atoms with Crippen LogP contribution < -0.4 is 10.1 Å². The van der Waals surface area contributed by atoms with E-state index >= 15 is 0 Å². The summed E-state index contributed by atoms with van der Waals surface area (Å²) in [6.07, 6.45) is 8.00. The number of nitrogens with zero attached hydrogens (tertiary/aromatic N) is 5. The lowest BCUT2D eigenvalue weighted by Gasteiger charge is -2.27. The number of piperazine rings is 1. The molecule has 1 aliphatic rings. The van der Waals surface area contributed by atoms with Crippen molar-refractivity contribution in [1.82, 2.24) is 29.4 Å². The lowest BCUT2D eigenvalue weighted by atomic mass is 10.0. The Morgan fingerprint density at radius 2 is 1.91 bits per heavy atom. The van der Waals surface area contributed by atoms with Gasteiger partial charge in [0.1, 0.15) is 17.3 Å². The molecule has 0 aliphatic carbocycles. The Kier molecular flexibility index (Phi) is 8.10. The first-order valence-electron chi connectivity index (χ1n) is 15.1. The number of ether oxygens (including phenoxy) is 1. The van der Waals surface area contributed by atoms with Crippen LogP contribution in [-0.4, -0.2) is 74.5 Å². The van der Waals surface area contributed by atoms with E-state index in [9.17, 15) is 14.3 Å². The van der Waals surface area contributed by atoms with Gasteiger partial charge in [0.25, 0.3) is 0 Å². The highest BCUT2D eigenvalue weighted by Gasteiger charge is 2.27. The molecule has 0 atom stereocenters. The number of carboxylic acids is 1. The number of halogens is 2. The molecule has 0 saturated carbocycles. The van der Waals surface area contributed by atoms with Crippen LogP contribution in [0.25, 0.3) is 38.3 Å². The second-order valence-corrected chi connectivity index (χ2v) is 11.6. The van der Waals surface area contributed by atoms with E-state index < -0.39 is 5.97 Å². The van der Waals surface area contributed by atoms with E-state index in [0.717, 1.165) is 70.1 Å². The molecule has 7 rings (SSSR count). The molecule has 230 valence electrons. The fourth-order valence-electron chi connectivity index (χ4n) is 6.46. The molecule has 1 aliphatic heterocycles. The maximum Gasteiger partial charge on any atom is 0.352 e. The third-order valence-electron chi connectivity index (χ3n) is 8.56. The summed E-state index contributed by atoms with van der Waals surface area (Å²) in [5, 5.41) is 21.5. The summed E-state index contributed by atoms with van der Waals surface area (Å²) in [6, 6.07) is 13.9. The normalized spacial score (nSPS) is 14.1. The van der Waals surface area contributed by atoms with E-state index in [1.165, 1.54) is 12.1 Å². The van der Waals surface area contributed by atoms with Crippen LogP contribution in [0.5, 0.6) is 5.75 Å². The number of nitrogens with one attached hydrogen (secondary N) is 1. The third kappa shape index (κ3) is 5.61. The molecule has 4 heterocycles. The Labute approximate surface area is 263 Å². The van der Waals surface area contributed by atoms with E-state index in [0.29, 0.717) is 43.3 Å². The molecular weight excluding hydrogens is 595 g/mol. The molecule has 0 unspecified atom stereocenters. The van der Waals surface area contributed by atoms with Crippen LogP contribution >= 0.6 is 11.6 Å². The highest BCUT2D eigenvalue weighted by atomic mass is 35.5. The maximum atomic E-state index is 13.8. The highest BCUT2D eigenvalue weighted by molar-refractivity contribution is 6.35. The molecule has 0 amide bonds. The van der Waals surface area contributed by atoms with Crippen molar-refractivity contribution in [3.05, 3.63) is 95.4 Å². The molecule has 1 fully saturated rings. The van der Waals surface area contributed by atoms with Crippen molar-refractivity contribution < 1.29 is 19.0 Å². The number of aromatic carboxylic acids is 1. The first kappa shape index (κ1) is 29.2. The summed E-state index contributed by atoms with van der Waals surface area (Å²) in [4.78, 5) is 19.7. The van der Waals surface area contributed by atoms with Gasteiger partial charge in [0.2, 0.25) is 0 Å². The quantitative estimate of drug-likeness (QED) is 0.183. The van der Waals surface area contributed by atoms with Crippen LogP contribution in [0.15, 0.2) is 73.3 Å². The second kappa shape index (κ2) is 12.5. The summed E-state index contributed by atoms with van der Waals surface area (Å²) >= 11 is 6.93. The van der Waals surface area contributed by atoms with Gasteiger partial charge in [-0.05, 0) is 54.1 Å². The number of benzene rings is 3. The molecule has 0 spiro atoms. The smallest absolute Gasteiger partial charge is 0.352 e. The summed E-state index contributed by atoms with van der Waals surface area (Å²) in [6.45, 7) is 5.18. The van der Waals surface area contributed by atoms with Crippen molar-refractivity contribution in [2.75, 3.05) is 39.3 Å². The van der Waals surface area contributed by atoms with Crippen LogP contribution in [0.4, 0.5) is 4.39 Å². The van der Waals surface area contributed by atoms with Crippen LogP contribution in [0, 0.1) is 5.82 Å². The van der Waals surface area contributed by atoms with Gasteiger partial charge in [-0.2, -0.15) is 5.10 Å². The van der Waals surface area contributed by atoms with Crippen molar-refractivity contribution in [2.24, 2.45) is 0 Å². The fourth-order valence-corrected chi connectivity index (χ4v) is 6.71. The van der Waals surface area contributed by atoms with E-state index in [-0.39, 0.29) is 11.5 Å². The zero-order valence-electron chi connectivity index (χ0n) is 24.5. The average Bonchev–Trinajstić information content (AvgIpc) is 3.61. The molecule has 45 heavy (non-hydrogen) atoms. The molecule has 2 N–H and O–H groups in total. The highest BCUT2D eigenvalue weighted by Crippen LogP contribution is 2.41. The molecule has 9 nitrogen and oxygen atoms in total. The van der Waals surface area contributed by atoms with Crippen LogP contribution in [0.1, 0.15) is 22.5 Å². The van der Waals surface area contributed by atoms with E-state index in [4.69, 9.17) is 16.3 Å². The zero-order chi connectivity index (χ0) is 30.9. The van der Waals surface area contributed by atoms with Gasteiger partial charge in [-0.1, -0.05) is 29.8 Å². The van der Waals surface area contributed by atoms with Gasteiger partial charge < -0.3 is 19.7 Å². The number of hydrogen-bond donors (Lipinski definition) is 2. The molecule has 1 saturated heterocycles. The van der Waals surface area contributed by atoms with Crippen LogP contribution in [0.2, 0.25) is 5.02 Å². The lowest BCUT2D eigenvalue weighted by molar-refractivity contribution is 0.0683. The predicted octanol–water partition coefficient (Wildman–Crippen LogP) is 5.91. The minimum Gasteiger partial charge on any atom is -0.493 e.